The molecule has 9 nitrogen and oxygen atoms in total. The van der Waals surface area contributed by atoms with Crippen molar-refractivity contribution in [3.05, 3.63) is 99.2 Å². The first-order valence-corrected chi connectivity index (χ1v) is 9.36. The summed E-state index contributed by atoms with van der Waals surface area (Å²) < 4.78 is 3.22. The Hall–Kier alpha value is -4.27. The van der Waals surface area contributed by atoms with Gasteiger partial charge in [0.15, 0.2) is 5.65 Å². The molecule has 0 unspecified atom stereocenters. The van der Waals surface area contributed by atoms with E-state index < -0.39 is 11.2 Å². The van der Waals surface area contributed by atoms with E-state index in [0.717, 1.165) is 16.7 Å². The van der Waals surface area contributed by atoms with Gasteiger partial charge in [0.25, 0.3) is 5.56 Å². The third-order valence-corrected chi connectivity index (χ3v) is 4.79. The van der Waals surface area contributed by atoms with Crippen LogP contribution in [0.1, 0.15) is 11.1 Å². The molecule has 4 heterocycles. The number of benzene rings is 1. The quantitative estimate of drug-likeness (QED) is 0.467. The number of pyridine rings is 1. The molecule has 9 heteroatoms. The van der Waals surface area contributed by atoms with E-state index in [-0.39, 0.29) is 12.1 Å². The molecule has 0 spiro atoms. The zero-order valence-electron chi connectivity index (χ0n) is 15.8. The first kappa shape index (κ1) is 17.8. The lowest BCUT2D eigenvalue weighted by Gasteiger charge is -2.05. The van der Waals surface area contributed by atoms with Crippen molar-refractivity contribution in [2.75, 3.05) is 0 Å². The second kappa shape index (κ2) is 7.28. The average Bonchev–Trinajstić information content (AvgIpc) is 3.40. The van der Waals surface area contributed by atoms with E-state index in [0.29, 0.717) is 18.0 Å². The molecule has 0 fully saturated rings. The van der Waals surface area contributed by atoms with Crippen molar-refractivity contribution in [2.45, 2.75) is 13.1 Å². The molecule has 30 heavy (non-hydrogen) atoms. The number of rotatable bonds is 5. The largest absolute Gasteiger partial charge is 0.332 e. The molecule has 0 radical (unpaired) electrons. The van der Waals surface area contributed by atoms with Crippen LogP contribution < -0.4 is 11.2 Å². The Morgan fingerprint density at radius 3 is 2.53 bits per heavy atom. The fourth-order valence-electron chi connectivity index (χ4n) is 3.34. The van der Waals surface area contributed by atoms with Gasteiger partial charge in [0.1, 0.15) is 11.3 Å². The summed E-state index contributed by atoms with van der Waals surface area (Å²) in [5, 5.41) is 4.38. The van der Waals surface area contributed by atoms with Crippen LogP contribution in [0.3, 0.4) is 0 Å². The number of H-pyrrole nitrogens is 2. The molecule has 5 aromatic rings. The van der Waals surface area contributed by atoms with Crippen LogP contribution in [0.25, 0.3) is 22.6 Å². The van der Waals surface area contributed by atoms with Crippen LogP contribution >= 0.6 is 0 Å². The van der Waals surface area contributed by atoms with Gasteiger partial charge in [0.05, 0.1) is 24.8 Å². The van der Waals surface area contributed by atoms with Gasteiger partial charge < -0.3 is 4.98 Å². The molecule has 4 aromatic heterocycles. The zero-order chi connectivity index (χ0) is 20.5. The number of hydrogen-bond acceptors (Lipinski definition) is 5. The van der Waals surface area contributed by atoms with Crippen LogP contribution in [0.5, 0.6) is 0 Å². The lowest BCUT2D eigenvalue weighted by Crippen LogP contribution is -2.30. The monoisotopic (exact) mass is 399 g/mol. The van der Waals surface area contributed by atoms with Gasteiger partial charge >= 0.3 is 5.69 Å². The summed E-state index contributed by atoms with van der Waals surface area (Å²) in [6.45, 7) is 0.866. The molecule has 148 valence electrons. The fourth-order valence-corrected chi connectivity index (χ4v) is 3.34. The minimum atomic E-state index is -0.519. The summed E-state index contributed by atoms with van der Waals surface area (Å²) in [4.78, 5) is 38.7. The van der Waals surface area contributed by atoms with Crippen LogP contribution in [-0.2, 0) is 13.1 Å². The third kappa shape index (κ3) is 3.32. The molecule has 0 aliphatic rings. The molecule has 0 saturated heterocycles. The molecule has 0 amide bonds. The van der Waals surface area contributed by atoms with Gasteiger partial charge in [-0.1, -0.05) is 36.4 Å². The van der Waals surface area contributed by atoms with Gasteiger partial charge in [0, 0.05) is 18.6 Å². The molecule has 0 atom stereocenters. The summed E-state index contributed by atoms with van der Waals surface area (Å²) in [6.07, 6.45) is 6.86. The molecule has 0 aliphatic heterocycles. The minimum absolute atomic E-state index is 0.240. The standard InChI is InChI=1S/C21H17N7O2/c29-20-17-19(28(21(30)26-20)12-15-7-4-8-22-9-15)25-18(24-17)16-10-23-27(13-16)11-14-5-2-1-3-6-14/h1-10,13H,11-12H2,(H,24,25)(H,26,29,30). The summed E-state index contributed by atoms with van der Waals surface area (Å²) in [7, 11) is 0. The van der Waals surface area contributed by atoms with Crippen molar-refractivity contribution in [3.8, 4) is 11.4 Å². The highest BCUT2D eigenvalue weighted by molar-refractivity contribution is 5.75. The van der Waals surface area contributed by atoms with Gasteiger partial charge in [0.2, 0.25) is 0 Å². The number of nitrogens with one attached hydrogen (secondary N) is 2. The summed E-state index contributed by atoms with van der Waals surface area (Å²) in [5.41, 5.74) is 2.18. The Balaban J connectivity index is 1.54. The molecule has 0 aliphatic carbocycles. The molecular weight excluding hydrogens is 382 g/mol. The summed E-state index contributed by atoms with van der Waals surface area (Å²) in [5.74, 6) is 0.473. The molecule has 2 N–H and O–H groups in total. The second-order valence-corrected chi connectivity index (χ2v) is 6.90. The fraction of sp³-hybridized carbons (Fsp3) is 0.0952. The number of aromatic nitrogens is 7. The van der Waals surface area contributed by atoms with Crippen LogP contribution in [0.15, 0.2) is 76.8 Å². The molecule has 1 aromatic carbocycles. The first-order valence-electron chi connectivity index (χ1n) is 9.36. The average molecular weight is 399 g/mol. The number of fused-ring (bicyclic) bond motifs is 1. The van der Waals surface area contributed by atoms with Crippen LogP contribution in [0, 0.1) is 0 Å². The Morgan fingerprint density at radius 1 is 0.900 bits per heavy atom. The van der Waals surface area contributed by atoms with Gasteiger partial charge in [-0.25, -0.2) is 9.78 Å². The Kier molecular flexibility index (Phi) is 4.32. The van der Waals surface area contributed by atoms with E-state index in [9.17, 15) is 9.59 Å². The van der Waals surface area contributed by atoms with E-state index in [2.05, 4.69) is 25.0 Å². The van der Waals surface area contributed by atoms with E-state index in [1.165, 1.54) is 4.57 Å². The van der Waals surface area contributed by atoms with Crippen molar-refractivity contribution < 1.29 is 0 Å². The predicted molar refractivity (Wildman–Crippen MR) is 111 cm³/mol. The lowest BCUT2D eigenvalue weighted by molar-refractivity contribution is 0.687. The second-order valence-electron chi connectivity index (χ2n) is 6.90. The minimum Gasteiger partial charge on any atom is -0.332 e. The smallest absolute Gasteiger partial charge is 0.330 e. The van der Waals surface area contributed by atoms with Gasteiger partial charge in [-0.05, 0) is 17.2 Å². The molecule has 0 saturated carbocycles. The van der Waals surface area contributed by atoms with Gasteiger partial charge in [-0.3, -0.25) is 24.0 Å². The SMILES string of the molecule is O=c1[nH]c(=O)n(Cc2cccnc2)c2nc(-c3cnn(Cc4ccccc4)c3)[nH]c12. The molecule has 5 rings (SSSR count). The molecular formula is C21H17N7O2. The van der Waals surface area contributed by atoms with E-state index >= 15 is 0 Å². The highest BCUT2D eigenvalue weighted by Crippen LogP contribution is 2.18. The van der Waals surface area contributed by atoms with Crippen LogP contribution in [0.4, 0.5) is 0 Å². The zero-order valence-corrected chi connectivity index (χ0v) is 15.8. The van der Waals surface area contributed by atoms with Crippen molar-refractivity contribution in [3.63, 3.8) is 0 Å². The van der Waals surface area contributed by atoms with E-state index in [4.69, 9.17) is 0 Å². The van der Waals surface area contributed by atoms with Gasteiger partial charge in [-0.2, -0.15) is 5.10 Å². The Morgan fingerprint density at radius 2 is 1.73 bits per heavy atom. The third-order valence-electron chi connectivity index (χ3n) is 4.79. The van der Waals surface area contributed by atoms with E-state index in [1.807, 2.05) is 42.6 Å². The van der Waals surface area contributed by atoms with E-state index in [1.54, 1.807) is 29.3 Å². The number of aromatic amines is 2. The number of hydrogen-bond donors (Lipinski definition) is 2. The maximum Gasteiger partial charge on any atom is 0.330 e. The maximum absolute atomic E-state index is 12.4. The highest BCUT2D eigenvalue weighted by atomic mass is 16.2. The lowest BCUT2D eigenvalue weighted by atomic mass is 10.2. The van der Waals surface area contributed by atoms with Crippen LogP contribution in [0.2, 0.25) is 0 Å². The summed E-state index contributed by atoms with van der Waals surface area (Å²) >= 11 is 0. The number of nitrogens with zero attached hydrogens (tertiary/aromatic N) is 5. The molecule has 0 bridgehead atoms. The topological polar surface area (TPSA) is 114 Å². The maximum atomic E-state index is 12.4. The van der Waals surface area contributed by atoms with Crippen molar-refractivity contribution in [1.29, 1.82) is 0 Å². The normalized spacial score (nSPS) is 11.2. The number of imidazole rings is 1. The van der Waals surface area contributed by atoms with Crippen molar-refractivity contribution in [1.82, 2.24) is 34.3 Å². The Bertz CT molecular complexity index is 1430. The predicted octanol–water partition coefficient (Wildman–Crippen LogP) is 1.77. The van der Waals surface area contributed by atoms with Crippen LogP contribution in [-0.4, -0.2) is 34.3 Å². The summed E-state index contributed by atoms with van der Waals surface area (Å²) in [6, 6.07) is 13.6. The van der Waals surface area contributed by atoms with Crippen molar-refractivity contribution in [2.24, 2.45) is 0 Å². The Labute approximate surface area is 169 Å². The van der Waals surface area contributed by atoms with Crippen molar-refractivity contribution >= 4 is 11.2 Å². The highest BCUT2D eigenvalue weighted by Gasteiger charge is 2.15. The van der Waals surface area contributed by atoms with Gasteiger partial charge in [-0.15, -0.1) is 0 Å². The first-order chi connectivity index (χ1) is 14.7.